The molecule has 0 spiro atoms. The minimum absolute atomic E-state index is 0.221. The number of aromatic nitrogens is 1. The summed E-state index contributed by atoms with van der Waals surface area (Å²) in [6.45, 7) is 2.35. The van der Waals surface area contributed by atoms with Crippen LogP contribution in [0.1, 0.15) is 30.0 Å². The van der Waals surface area contributed by atoms with E-state index in [9.17, 15) is 4.39 Å². The first kappa shape index (κ1) is 14.5. The molecule has 2 rings (SSSR count). The number of benzene rings is 1. The van der Waals surface area contributed by atoms with Crippen molar-refractivity contribution in [1.82, 2.24) is 5.16 Å². The molecule has 0 saturated carbocycles. The predicted molar refractivity (Wildman–Crippen MR) is 70.6 cm³/mol. The van der Waals surface area contributed by atoms with Crippen molar-refractivity contribution in [2.24, 2.45) is 5.73 Å². The normalized spacial score (nSPS) is 12.4. The van der Waals surface area contributed by atoms with E-state index < -0.39 is 0 Å². The average molecular weight is 280 g/mol. The molecule has 0 radical (unpaired) electrons. The number of hydrogen-bond acceptors (Lipinski definition) is 5. The van der Waals surface area contributed by atoms with Gasteiger partial charge in [-0.2, -0.15) is 0 Å². The van der Waals surface area contributed by atoms with Gasteiger partial charge in [0.2, 0.25) is 0 Å². The van der Waals surface area contributed by atoms with E-state index >= 15 is 0 Å². The molecule has 1 atom stereocenters. The Balaban J connectivity index is 2.06. The van der Waals surface area contributed by atoms with Gasteiger partial charge in [0.15, 0.2) is 5.76 Å². The second-order valence-corrected chi connectivity index (χ2v) is 4.48. The molecule has 108 valence electrons. The maximum Gasteiger partial charge on any atom is 0.162 e. The highest BCUT2D eigenvalue weighted by atomic mass is 19.1. The van der Waals surface area contributed by atoms with Crippen LogP contribution < -0.4 is 10.5 Å². The fraction of sp³-hybridized carbons (Fsp3) is 0.357. The third-order valence-electron chi connectivity index (χ3n) is 2.73. The molecule has 1 aromatic carbocycles. The lowest BCUT2D eigenvalue weighted by molar-refractivity contribution is 0.155. The van der Waals surface area contributed by atoms with Gasteiger partial charge in [-0.15, -0.1) is 0 Å². The van der Waals surface area contributed by atoms with Gasteiger partial charge in [0.25, 0.3) is 0 Å². The predicted octanol–water partition coefficient (Wildman–Crippen LogP) is 2.56. The molecule has 2 aromatic rings. The topological polar surface area (TPSA) is 70.5 Å². The van der Waals surface area contributed by atoms with Gasteiger partial charge in [-0.25, -0.2) is 4.39 Å². The summed E-state index contributed by atoms with van der Waals surface area (Å²) in [5, 5.41) is 3.86. The van der Waals surface area contributed by atoms with Gasteiger partial charge < -0.3 is 19.7 Å². The lowest BCUT2D eigenvalue weighted by Gasteiger charge is -2.13. The second kappa shape index (κ2) is 6.49. The number of ether oxygens (including phenoxy) is 2. The average Bonchev–Trinajstić information content (AvgIpc) is 2.85. The van der Waals surface area contributed by atoms with E-state index in [1.165, 1.54) is 12.1 Å². The van der Waals surface area contributed by atoms with Crippen molar-refractivity contribution in [2.45, 2.75) is 26.2 Å². The first-order chi connectivity index (χ1) is 9.60. The molecule has 1 aromatic heterocycles. The monoisotopic (exact) mass is 280 g/mol. The number of nitrogens with zero attached hydrogens (tertiary/aromatic N) is 1. The fourth-order valence-corrected chi connectivity index (χ4v) is 1.79. The molecule has 0 fully saturated rings. The molecule has 2 N–H and O–H groups in total. The lowest BCUT2D eigenvalue weighted by atomic mass is 10.1. The van der Waals surface area contributed by atoms with Crippen LogP contribution in [0.3, 0.4) is 0 Å². The number of rotatable bonds is 6. The molecule has 1 heterocycles. The van der Waals surface area contributed by atoms with Crippen LogP contribution in [0.4, 0.5) is 4.39 Å². The zero-order valence-corrected chi connectivity index (χ0v) is 11.4. The van der Waals surface area contributed by atoms with Crippen LogP contribution in [0.15, 0.2) is 28.8 Å². The number of halogens is 1. The van der Waals surface area contributed by atoms with Crippen molar-refractivity contribution < 1.29 is 18.4 Å². The SMILES string of the molecule is COCc1cc(COc2ccc(F)cc2[C@H](C)N)no1. The van der Waals surface area contributed by atoms with Crippen molar-refractivity contribution in [3.8, 4) is 5.75 Å². The van der Waals surface area contributed by atoms with Gasteiger partial charge in [-0.3, -0.25) is 0 Å². The maximum atomic E-state index is 13.2. The second-order valence-electron chi connectivity index (χ2n) is 4.48. The van der Waals surface area contributed by atoms with Gasteiger partial charge >= 0.3 is 0 Å². The highest BCUT2D eigenvalue weighted by molar-refractivity contribution is 5.36. The Morgan fingerprint density at radius 2 is 2.15 bits per heavy atom. The maximum absolute atomic E-state index is 13.2. The summed E-state index contributed by atoms with van der Waals surface area (Å²) >= 11 is 0. The molecule has 6 heteroatoms. The molecule has 0 saturated heterocycles. The first-order valence-corrected chi connectivity index (χ1v) is 6.21. The molecular formula is C14H17FN2O3. The summed E-state index contributed by atoms with van der Waals surface area (Å²) in [5.41, 5.74) is 7.05. The molecule has 20 heavy (non-hydrogen) atoms. The van der Waals surface area contributed by atoms with Crippen LogP contribution in [0.5, 0.6) is 5.75 Å². The zero-order chi connectivity index (χ0) is 14.5. The Hall–Kier alpha value is -1.92. The van der Waals surface area contributed by atoms with Crippen molar-refractivity contribution in [3.63, 3.8) is 0 Å². The van der Waals surface area contributed by atoms with Crippen LogP contribution in [0.25, 0.3) is 0 Å². The Morgan fingerprint density at radius 1 is 1.35 bits per heavy atom. The quantitative estimate of drug-likeness (QED) is 0.880. The fourth-order valence-electron chi connectivity index (χ4n) is 1.79. The van der Waals surface area contributed by atoms with Crippen LogP contribution in [0, 0.1) is 5.82 Å². The van der Waals surface area contributed by atoms with Crippen molar-refractivity contribution in [1.29, 1.82) is 0 Å². The van der Waals surface area contributed by atoms with E-state index in [2.05, 4.69) is 5.16 Å². The molecule has 0 amide bonds. The van der Waals surface area contributed by atoms with E-state index in [0.29, 0.717) is 29.4 Å². The molecule has 0 aliphatic rings. The van der Waals surface area contributed by atoms with E-state index in [1.54, 1.807) is 26.2 Å². The molecular weight excluding hydrogens is 263 g/mol. The van der Waals surface area contributed by atoms with Gasteiger partial charge in [-0.05, 0) is 25.1 Å². The molecule has 0 aliphatic carbocycles. The van der Waals surface area contributed by atoms with Crippen LogP contribution in [-0.2, 0) is 18.0 Å². The third kappa shape index (κ3) is 3.55. The summed E-state index contributed by atoms with van der Waals surface area (Å²) in [6, 6.07) is 5.70. The molecule has 5 nitrogen and oxygen atoms in total. The number of nitrogens with two attached hydrogens (primary N) is 1. The van der Waals surface area contributed by atoms with Crippen LogP contribution >= 0.6 is 0 Å². The highest BCUT2D eigenvalue weighted by Gasteiger charge is 2.11. The summed E-state index contributed by atoms with van der Waals surface area (Å²) in [7, 11) is 1.58. The van der Waals surface area contributed by atoms with Crippen molar-refractivity contribution >= 4 is 0 Å². The summed E-state index contributed by atoms with van der Waals surface area (Å²) in [6.07, 6.45) is 0. The number of hydrogen-bond donors (Lipinski definition) is 1. The Morgan fingerprint density at radius 3 is 2.85 bits per heavy atom. The summed E-state index contributed by atoms with van der Waals surface area (Å²) < 4.78 is 28.8. The Labute approximate surface area is 116 Å². The Bertz CT molecular complexity index is 569. The van der Waals surface area contributed by atoms with Gasteiger partial charge in [0, 0.05) is 24.8 Å². The summed E-state index contributed by atoms with van der Waals surface area (Å²) in [4.78, 5) is 0. The van der Waals surface area contributed by atoms with Gasteiger partial charge in [0.05, 0.1) is 0 Å². The minimum Gasteiger partial charge on any atom is -0.487 e. The Kier molecular flexibility index (Phi) is 4.70. The standard InChI is InChI=1S/C14H17FN2O3/c1-9(16)13-5-10(15)3-4-14(13)19-7-11-6-12(8-18-2)20-17-11/h3-6,9H,7-8,16H2,1-2H3/t9-/m0/s1. The largest absolute Gasteiger partial charge is 0.487 e. The van der Waals surface area contributed by atoms with Crippen molar-refractivity contribution in [2.75, 3.05) is 7.11 Å². The molecule has 0 aliphatic heterocycles. The highest BCUT2D eigenvalue weighted by Crippen LogP contribution is 2.25. The lowest BCUT2D eigenvalue weighted by Crippen LogP contribution is -2.08. The minimum atomic E-state index is -0.339. The third-order valence-corrected chi connectivity index (χ3v) is 2.73. The van der Waals surface area contributed by atoms with Gasteiger partial charge in [0.1, 0.15) is 30.5 Å². The summed E-state index contributed by atoms with van der Waals surface area (Å²) in [5.74, 6) is 0.823. The number of methoxy groups -OCH3 is 1. The zero-order valence-electron chi connectivity index (χ0n) is 11.4. The molecule has 0 unspecified atom stereocenters. The van der Waals surface area contributed by atoms with E-state index in [4.69, 9.17) is 19.7 Å². The van der Waals surface area contributed by atoms with Gasteiger partial charge in [-0.1, -0.05) is 5.16 Å². The van der Waals surface area contributed by atoms with Crippen LogP contribution in [-0.4, -0.2) is 12.3 Å². The van der Waals surface area contributed by atoms with E-state index in [1.807, 2.05) is 0 Å². The van der Waals surface area contributed by atoms with E-state index in [0.717, 1.165) is 0 Å². The smallest absolute Gasteiger partial charge is 0.162 e. The van der Waals surface area contributed by atoms with E-state index in [-0.39, 0.29) is 18.5 Å². The van der Waals surface area contributed by atoms with Crippen LogP contribution in [0.2, 0.25) is 0 Å². The van der Waals surface area contributed by atoms with Crippen molar-refractivity contribution in [3.05, 3.63) is 47.1 Å². The molecule has 0 bridgehead atoms. The first-order valence-electron chi connectivity index (χ1n) is 6.21.